The van der Waals surface area contributed by atoms with Gasteiger partial charge in [-0.15, -0.1) is 0 Å². The fourth-order valence-electron chi connectivity index (χ4n) is 3.97. The van der Waals surface area contributed by atoms with Crippen LogP contribution in [0.3, 0.4) is 0 Å². The number of amides is 1. The van der Waals surface area contributed by atoms with Gasteiger partial charge in [-0.2, -0.15) is 0 Å². The maximum atomic E-state index is 12.7. The molecule has 5 heterocycles. The SMILES string of the molecule is COc1nc(C(=O)NC2C3CCN(CC3)C2C)cc2ccoc12. The molecule has 2 atom stereocenters. The predicted octanol–water partition coefficient (Wildman–Crippen LogP) is 2.05. The molecule has 23 heavy (non-hydrogen) atoms. The molecule has 3 aliphatic heterocycles. The number of nitrogens with zero attached hydrogens (tertiary/aromatic N) is 2. The van der Waals surface area contributed by atoms with Crippen LogP contribution >= 0.6 is 0 Å². The molecule has 0 radical (unpaired) electrons. The monoisotopic (exact) mass is 315 g/mol. The summed E-state index contributed by atoms with van der Waals surface area (Å²) in [7, 11) is 1.53. The van der Waals surface area contributed by atoms with Crippen molar-refractivity contribution in [1.29, 1.82) is 0 Å². The van der Waals surface area contributed by atoms with Gasteiger partial charge in [0.15, 0.2) is 5.58 Å². The highest BCUT2D eigenvalue weighted by Crippen LogP contribution is 2.32. The zero-order valence-electron chi connectivity index (χ0n) is 13.4. The molecule has 0 aliphatic carbocycles. The normalized spacial score (nSPS) is 29.7. The summed E-state index contributed by atoms with van der Waals surface area (Å²) in [5.41, 5.74) is 0.944. The number of hydrogen-bond acceptors (Lipinski definition) is 5. The van der Waals surface area contributed by atoms with Crippen molar-refractivity contribution in [3.8, 4) is 5.88 Å². The summed E-state index contributed by atoms with van der Waals surface area (Å²) in [5, 5.41) is 4.02. The molecule has 6 heteroatoms. The Hall–Kier alpha value is -2.08. The number of carbonyl (C=O) groups excluding carboxylic acids is 1. The van der Waals surface area contributed by atoms with Gasteiger partial charge in [-0.25, -0.2) is 4.98 Å². The molecule has 2 aromatic rings. The topological polar surface area (TPSA) is 67.6 Å². The molecular weight excluding hydrogens is 294 g/mol. The van der Waals surface area contributed by atoms with Gasteiger partial charge in [-0.3, -0.25) is 9.69 Å². The van der Waals surface area contributed by atoms with Crippen molar-refractivity contribution in [2.75, 3.05) is 20.2 Å². The summed E-state index contributed by atoms with van der Waals surface area (Å²) in [4.78, 5) is 19.4. The molecule has 3 fully saturated rings. The molecule has 0 spiro atoms. The predicted molar refractivity (Wildman–Crippen MR) is 85.6 cm³/mol. The summed E-state index contributed by atoms with van der Waals surface area (Å²) in [5.74, 6) is 0.773. The van der Waals surface area contributed by atoms with E-state index in [1.807, 2.05) is 6.07 Å². The van der Waals surface area contributed by atoms with E-state index in [-0.39, 0.29) is 11.9 Å². The Morgan fingerprint density at radius 2 is 2.22 bits per heavy atom. The lowest BCUT2D eigenvalue weighted by Gasteiger charge is -2.49. The number of aromatic nitrogens is 1. The van der Waals surface area contributed by atoms with Crippen LogP contribution in [0.2, 0.25) is 0 Å². The van der Waals surface area contributed by atoms with Crippen LogP contribution in [0.1, 0.15) is 30.3 Å². The molecule has 5 rings (SSSR count). The minimum absolute atomic E-state index is 0.142. The number of rotatable bonds is 3. The molecule has 0 aromatic carbocycles. The van der Waals surface area contributed by atoms with Gasteiger partial charge in [0.1, 0.15) is 5.69 Å². The second-order valence-electron chi connectivity index (χ2n) is 6.47. The Balaban J connectivity index is 1.59. The van der Waals surface area contributed by atoms with E-state index in [0.717, 1.165) is 31.3 Å². The second-order valence-corrected chi connectivity index (χ2v) is 6.47. The number of fused-ring (bicyclic) bond motifs is 4. The first-order valence-electron chi connectivity index (χ1n) is 8.14. The number of pyridine rings is 1. The van der Waals surface area contributed by atoms with Crippen molar-refractivity contribution in [2.24, 2.45) is 5.92 Å². The van der Waals surface area contributed by atoms with Crippen molar-refractivity contribution < 1.29 is 13.9 Å². The summed E-state index contributed by atoms with van der Waals surface area (Å²) in [6.45, 7) is 4.49. The highest BCUT2D eigenvalue weighted by molar-refractivity contribution is 5.97. The molecule has 6 nitrogen and oxygen atoms in total. The zero-order valence-corrected chi connectivity index (χ0v) is 13.4. The Kier molecular flexibility index (Phi) is 3.49. The maximum absolute atomic E-state index is 12.7. The maximum Gasteiger partial charge on any atom is 0.270 e. The van der Waals surface area contributed by atoms with Gasteiger partial charge in [0, 0.05) is 17.5 Å². The van der Waals surface area contributed by atoms with Gasteiger partial charge in [0.25, 0.3) is 11.8 Å². The average Bonchev–Trinajstić information content (AvgIpc) is 3.06. The quantitative estimate of drug-likeness (QED) is 0.939. The third-order valence-corrected chi connectivity index (χ3v) is 5.31. The van der Waals surface area contributed by atoms with E-state index in [9.17, 15) is 4.79 Å². The molecule has 2 unspecified atom stereocenters. The van der Waals surface area contributed by atoms with Crippen molar-refractivity contribution in [3.63, 3.8) is 0 Å². The lowest BCUT2D eigenvalue weighted by atomic mass is 9.79. The van der Waals surface area contributed by atoms with E-state index >= 15 is 0 Å². The lowest BCUT2D eigenvalue weighted by Crippen LogP contribution is -2.62. The van der Waals surface area contributed by atoms with Crippen LogP contribution < -0.4 is 10.1 Å². The van der Waals surface area contributed by atoms with Crippen LogP contribution in [0.25, 0.3) is 11.0 Å². The highest BCUT2D eigenvalue weighted by atomic mass is 16.5. The number of hydrogen-bond donors (Lipinski definition) is 1. The number of nitrogens with one attached hydrogen (secondary N) is 1. The third-order valence-electron chi connectivity index (χ3n) is 5.31. The number of carbonyl (C=O) groups is 1. The van der Waals surface area contributed by atoms with Crippen LogP contribution in [-0.2, 0) is 0 Å². The molecular formula is C17H21N3O3. The van der Waals surface area contributed by atoms with E-state index in [1.165, 1.54) is 7.11 Å². The molecule has 3 aliphatic rings. The standard InChI is InChI=1S/C17H21N3O3/c1-10-14(11-3-6-20(10)7-4-11)19-16(21)13-9-12-5-8-23-15(12)17(18-13)22-2/h5,8-11,14H,3-4,6-7H2,1-2H3,(H,19,21). The summed E-state index contributed by atoms with van der Waals surface area (Å²) >= 11 is 0. The lowest BCUT2D eigenvalue weighted by molar-refractivity contribution is 0.0216. The van der Waals surface area contributed by atoms with E-state index in [4.69, 9.17) is 9.15 Å². The number of methoxy groups -OCH3 is 1. The van der Waals surface area contributed by atoms with Crippen molar-refractivity contribution >= 4 is 16.9 Å². The first-order chi connectivity index (χ1) is 11.2. The molecule has 2 aromatic heterocycles. The van der Waals surface area contributed by atoms with Crippen molar-refractivity contribution in [3.05, 3.63) is 24.1 Å². The molecule has 3 saturated heterocycles. The van der Waals surface area contributed by atoms with Crippen molar-refractivity contribution in [1.82, 2.24) is 15.2 Å². The van der Waals surface area contributed by atoms with Crippen molar-refractivity contribution in [2.45, 2.75) is 31.8 Å². The Labute approximate surface area is 134 Å². The van der Waals surface area contributed by atoms with E-state index < -0.39 is 0 Å². The average molecular weight is 315 g/mol. The van der Waals surface area contributed by atoms with Crippen LogP contribution in [-0.4, -0.2) is 48.1 Å². The van der Waals surface area contributed by atoms with Gasteiger partial charge in [0.05, 0.1) is 13.4 Å². The van der Waals surface area contributed by atoms with Gasteiger partial charge in [-0.05, 0) is 50.9 Å². The number of piperidine rings is 3. The minimum atomic E-state index is -0.142. The van der Waals surface area contributed by atoms with E-state index in [0.29, 0.717) is 29.1 Å². The molecule has 122 valence electrons. The van der Waals surface area contributed by atoms with Gasteiger partial charge >= 0.3 is 0 Å². The first kappa shape index (κ1) is 14.5. The smallest absolute Gasteiger partial charge is 0.270 e. The van der Waals surface area contributed by atoms with Gasteiger partial charge in [0.2, 0.25) is 0 Å². The largest absolute Gasteiger partial charge is 0.478 e. The molecule has 1 N–H and O–H groups in total. The van der Waals surface area contributed by atoms with Crippen LogP contribution in [0.15, 0.2) is 22.8 Å². The summed E-state index contributed by atoms with van der Waals surface area (Å²) in [6, 6.07) is 4.14. The minimum Gasteiger partial charge on any atom is -0.478 e. The Morgan fingerprint density at radius 1 is 1.43 bits per heavy atom. The number of furan rings is 1. The molecule has 0 saturated carbocycles. The van der Waals surface area contributed by atoms with Crippen LogP contribution in [0.4, 0.5) is 0 Å². The molecule has 2 bridgehead atoms. The summed E-state index contributed by atoms with van der Waals surface area (Å²) in [6.07, 6.45) is 3.89. The Bertz CT molecular complexity index is 732. The van der Waals surface area contributed by atoms with Gasteiger partial charge in [-0.1, -0.05) is 0 Å². The fourth-order valence-corrected chi connectivity index (χ4v) is 3.97. The second kappa shape index (κ2) is 5.53. The van der Waals surface area contributed by atoms with Crippen LogP contribution in [0.5, 0.6) is 5.88 Å². The summed E-state index contributed by atoms with van der Waals surface area (Å²) < 4.78 is 10.6. The number of ether oxygens (including phenoxy) is 1. The Morgan fingerprint density at radius 3 is 2.91 bits per heavy atom. The third kappa shape index (κ3) is 2.37. The van der Waals surface area contributed by atoms with E-state index in [1.54, 1.807) is 12.3 Å². The van der Waals surface area contributed by atoms with E-state index in [2.05, 4.69) is 22.1 Å². The first-order valence-corrected chi connectivity index (χ1v) is 8.14. The van der Waals surface area contributed by atoms with Gasteiger partial charge < -0.3 is 14.5 Å². The fraction of sp³-hybridized carbons (Fsp3) is 0.529. The molecule has 1 amide bonds. The highest BCUT2D eigenvalue weighted by Gasteiger charge is 2.40. The zero-order chi connectivity index (χ0) is 16.0. The van der Waals surface area contributed by atoms with Crippen LogP contribution in [0, 0.1) is 5.92 Å².